The Hall–Kier alpha value is -2.91. The van der Waals surface area contributed by atoms with Crippen LogP contribution in [0, 0.1) is 0 Å². The molecular weight excluding hydrogens is 276 g/mol. The van der Waals surface area contributed by atoms with E-state index < -0.39 is 11.8 Å². The predicted octanol–water partition coefficient (Wildman–Crippen LogP) is -0.912. The van der Waals surface area contributed by atoms with Crippen molar-refractivity contribution in [2.45, 2.75) is 0 Å². The molecule has 0 aliphatic rings. The van der Waals surface area contributed by atoms with Crippen molar-refractivity contribution in [3.05, 3.63) is 41.7 Å². The summed E-state index contributed by atoms with van der Waals surface area (Å²) in [6.07, 6.45) is 1.38. The van der Waals surface area contributed by atoms with Crippen molar-refractivity contribution in [2.24, 2.45) is 11.7 Å². The highest BCUT2D eigenvalue weighted by atomic mass is 16.5. The number of nitrogens with zero attached hydrogens (tertiary/aromatic N) is 2. The van der Waals surface area contributed by atoms with Crippen LogP contribution in [0.25, 0.3) is 5.69 Å². The highest BCUT2D eigenvalue weighted by Gasteiger charge is 2.21. The minimum absolute atomic E-state index is 0.0104. The molecule has 0 unspecified atom stereocenters. The van der Waals surface area contributed by atoms with E-state index in [-0.39, 0.29) is 11.3 Å². The van der Waals surface area contributed by atoms with Crippen molar-refractivity contribution in [1.82, 2.24) is 20.6 Å². The molecule has 0 aliphatic heterocycles. The number of carbonyl (C=O) groups excluding carboxylic acids is 2. The fraction of sp³-hybridized carbons (Fsp3) is 0.0833. The lowest BCUT2D eigenvalue weighted by atomic mass is 10.2. The van der Waals surface area contributed by atoms with E-state index in [1.165, 1.54) is 10.9 Å². The van der Waals surface area contributed by atoms with E-state index in [0.29, 0.717) is 11.4 Å². The van der Waals surface area contributed by atoms with E-state index in [0.717, 1.165) is 0 Å². The van der Waals surface area contributed by atoms with E-state index in [9.17, 15) is 9.59 Å². The molecule has 6 N–H and O–H groups in total. The Morgan fingerprint density at radius 2 is 1.76 bits per heavy atom. The molecule has 9 nitrogen and oxygen atoms in total. The van der Waals surface area contributed by atoms with Gasteiger partial charge in [0.15, 0.2) is 5.69 Å². The van der Waals surface area contributed by atoms with Crippen LogP contribution in [-0.4, -0.2) is 28.7 Å². The van der Waals surface area contributed by atoms with Gasteiger partial charge in [-0.1, -0.05) is 0 Å². The second-order valence-electron chi connectivity index (χ2n) is 3.98. The fourth-order valence-corrected chi connectivity index (χ4v) is 1.72. The molecule has 0 saturated carbocycles. The highest BCUT2D eigenvalue weighted by molar-refractivity contribution is 6.05. The molecule has 2 rings (SSSR count). The number of aromatic nitrogens is 2. The minimum Gasteiger partial charge on any atom is -0.497 e. The molecule has 21 heavy (non-hydrogen) atoms. The number of nitrogens with one attached hydrogen (secondary N) is 2. The number of benzene rings is 1. The average Bonchev–Trinajstić information content (AvgIpc) is 2.98. The van der Waals surface area contributed by atoms with Gasteiger partial charge in [0, 0.05) is 6.20 Å². The molecule has 9 heteroatoms. The van der Waals surface area contributed by atoms with Gasteiger partial charge in [-0.3, -0.25) is 20.4 Å². The third-order valence-corrected chi connectivity index (χ3v) is 2.77. The van der Waals surface area contributed by atoms with Crippen LogP contribution in [0.1, 0.15) is 20.8 Å². The molecule has 0 atom stereocenters. The molecular formula is C12H14N6O3. The number of ether oxygens (including phenoxy) is 1. The van der Waals surface area contributed by atoms with Gasteiger partial charge >= 0.3 is 0 Å². The molecule has 0 spiro atoms. The topological polar surface area (TPSA) is 137 Å². The molecule has 2 amide bonds. The van der Waals surface area contributed by atoms with Crippen LogP contribution in [0.3, 0.4) is 0 Å². The smallest absolute Gasteiger partial charge is 0.286 e. The van der Waals surface area contributed by atoms with Gasteiger partial charge in [0.25, 0.3) is 11.8 Å². The quantitative estimate of drug-likeness (QED) is 0.327. The molecule has 1 aromatic carbocycles. The van der Waals surface area contributed by atoms with Crippen LogP contribution in [-0.2, 0) is 0 Å². The summed E-state index contributed by atoms with van der Waals surface area (Å²) in [5, 5.41) is 4.04. The third kappa shape index (κ3) is 2.83. The summed E-state index contributed by atoms with van der Waals surface area (Å²) in [4.78, 5) is 23.3. The van der Waals surface area contributed by atoms with E-state index >= 15 is 0 Å². The van der Waals surface area contributed by atoms with Crippen molar-refractivity contribution in [1.29, 1.82) is 0 Å². The molecule has 0 saturated heterocycles. The summed E-state index contributed by atoms with van der Waals surface area (Å²) in [5.41, 5.74) is 4.40. The minimum atomic E-state index is -0.694. The molecule has 1 aromatic heterocycles. The Kier molecular flexibility index (Phi) is 4.16. The van der Waals surface area contributed by atoms with Crippen LogP contribution < -0.4 is 27.3 Å². The fourth-order valence-electron chi connectivity index (χ4n) is 1.72. The maximum absolute atomic E-state index is 11.7. The summed E-state index contributed by atoms with van der Waals surface area (Å²) in [7, 11) is 1.55. The van der Waals surface area contributed by atoms with Crippen molar-refractivity contribution >= 4 is 11.8 Å². The lowest BCUT2D eigenvalue weighted by Crippen LogP contribution is -2.35. The third-order valence-electron chi connectivity index (χ3n) is 2.77. The molecule has 110 valence electrons. The predicted molar refractivity (Wildman–Crippen MR) is 73.4 cm³/mol. The Bertz CT molecular complexity index is 631. The number of amides is 2. The first kappa shape index (κ1) is 14.5. The van der Waals surface area contributed by atoms with Gasteiger partial charge in [-0.25, -0.2) is 16.4 Å². The van der Waals surface area contributed by atoms with Crippen LogP contribution in [0.15, 0.2) is 30.5 Å². The first-order valence-electron chi connectivity index (χ1n) is 5.86. The van der Waals surface area contributed by atoms with Gasteiger partial charge in [0.05, 0.1) is 18.4 Å². The zero-order valence-electron chi connectivity index (χ0n) is 11.2. The molecule has 0 bridgehead atoms. The largest absolute Gasteiger partial charge is 0.497 e. The molecule has 1 heterocycles. The Balaban J connectivity index is 2.46. The number of hydrazine groups is 2. The molecule has 0 aliphatic carbocycles. The summed E-state index contributed by atoms with van der Waals surface area (Å²) in [5.74, 6) is 9.49. The number of rotatable bonds is 4. The number of hydrogen-bond acceptors (Lipinski definition) is 6. The Labute approximate surface area is 119 Å². The van der Waals surface area contributed by atoms with Crippen molar-refractivity contribution in [2.75, 3.05) is 7.11 Å². The van der Waals surface area contributed by atoms with Gasteiger partial charge in [-0.2, -0.15) is 5.10 Å². The van der Waals surface area contributed by atoms with Gasteiger partial charge in [0.1, 0.15) is 5.75 Å². The van der Waals surface area contributed by atoms with Gasteiger partial charge < -0.3 is 4.74 Å². The SMILES string of the molecule is COc1ccc(-n2cc(C(=O)NN)c(C(=O)NN)n2)cc1. The number of nitrogen functional groups attached to an aromatic ring is 2. The lowest BCUT2D eigenvalue weighted by Gasteiger charge is -2.03. The summed E-state index contributed by atoms with van der Waals surface area (Å²) >= 11 is 0. The zero-order chi connectivity index (χ0) is 15.4. The van der Waals surface area contributed by atoms with Crippen LogP contribution >= 0.6 is 0 Å². The van der Waals surface area contributed by atoms with Crippen molar-refractivity contribution in [3.63, 3.8) is 0 Å². The first-order chi connectivity index (χ1) is 10.1. The van der Waals surface area contributed by atoms with Crippen LogP contribution in [0.2, 0.25) is 0 Å². The van der Waals surface area contributed by atoms with Crippen molar-refractivity contribution < 1.29 is 14.3 Å². The standard InChI is InChI=1S/C12H14N6O3/c1-21-8-4-2-7(3-5-8)18-6-9(11(19)15-13)10(17-18)12(20)16-14/h2-6H,13-14H2,1H3,(H,15,19)(H,16,20). The van der Waals surface area contributed by atoms with E-state index in [2.05, 4.69) is 5.10 Å². The first-order valence-corrected chi connectivity index (χ1v) is 5.86. The lowest BCUT2D eigenvalue weighted by molar-refractivity contribution is 0.0917. The number of methoxy groups -OCH3 is 1. The maximum atomic E-state index is 11.7. The van der Waals surface area contributed by atoms with Gasteiger partial charge in [0.2, 0.25) is 0 Å². The van der Waals surface area contributed by atoms with Crippen molar-refractivity contribution in [3.8, 4) is 11.4 Å². The van der Waals surface area contributed by atoms with E-state index in [1.54, 1.807) is 31.4 Å². The summed E-state index contributed by atoms with van der Waals surface area (Å²) in [6, 6.07) is 6.89. The molecule has 0 fully saturated rings. The monoisotopic (exact) mass is 290 g/mol. The van der Waals surface area contributed by atoms with E-state index in [4.69, 9.17) is 16.4 Å². The highest BCUT2D eigenvalue weighted by Crippen LogP contribution is 2.16. The average molecular weight is 290 g/mol. The summed E-state index contributed by atoms with van der Waals surface area (Å²) < 4.78 is 6.42. The number of carbonyl (C=O) groups is 2. The van der Waals surface area contributed by atoms with Crippen LogP contribution in [0.4, 0.5) is 0 Å². The zero-order valence-corrected chi connectivity index (χ0v) is 11.2. The second-order valence-corrected chi connectivity index (χ2v) is 3.98. The number of nitrogens with two attached hydrogens (primary N) is 2. The van der Waals surface area contributed by atoms with Gasteiger partial charge in [-0.15, -0.1) is 0 Å². The number of hydrogen-bond donors (Lipinski definition) is 4. The van der Waals surface area contributed by atoms with Crippen LogP contribution in [0.5, 0.6) is 5.75 Å². The molecule has 2 aromatic rings. The normalized spacial score (nSPS) is 10.0. The van der Waals surface area contributed by atoms with E-state index in [1.807, 2.05) is 10.9 Å². The molecule has 0 radical (unpaired) electrons. The van der Waals surface area contributed by atoms with Gasteiger partial charge in [-0.05, 0) is 24.3 Å². The Morgan fingerprint density at radius 3 is 2.29 bits per heavy atom. The maximum Gasteiger partial charge on any atom is 0.286 e. The Morgan fingerprint density at radius 1 is 1.14 bits per heavy atom. The summed E-state index contributed by atoms with van der Waals surface area (Å²) in [6.45, 7) is 0. The second kappa shape index (κ2) is 6.03.